The molecule has 1 N–H and O–H groups in total. The summed E-state index contributed by atoms with van der Waals surface area (Å²) in [5.74, 6) is -0.250. The van der Waals surface area contributed by atoms with Crippen molar-refractivity contribution in [1.29, 1.82) is 0 Å². The highest BCUT2D eigenvalue weighted by Crippen LogP contribution is 2.30. The lowest BCUT2D eigenvalue weighted by Gasteiger charge is -2.16. The number of nitrogens with one attached hydrogen (secondary N) is 1. The molecule has 4 rings (SSSR count). The molecule has 0 spiro atoms. The Morgan fingerprint density at radius 3 is 2.62 bits per heavy atom. The first-order chi connectivity index (χ1) is 13.9. The molecule has 0 aliphatic rings. The molecule has 5 nitrogen and oxygen atoms in total. The average Bonchev–Trinajstić information content (AvgIpc) is 3.16. The zero-order valence-electron chi connectivity index (χ0n) is 16.5. The van der Waals surface area contributed by atoms with Crippen LogP contribution in [0.1, 0.15) is 24.1 Å². The van der Waals surface area contributed by atoms with Crippen molar-refractivity contribution in [2.24, 2.45) is 0 Å². The molecule has 0 radical (unpaired) electrons. The number of benzene rings is 2. The van der Waals surface area contributed by atoms with Crippen molar-refractivity contribution in [2.45, 2.75) is 26.8 Å². The SMILES string of the molecule is Cc1ccc(C)c(NC(=O)C(C)n2cnc3sc(-c4ccccc4)cc3c2=O)c1. The first kappa shape index (κ1) is 19.1. The van der Waals surface area contributed by atoms with E-state index in [0.29, 0.717) is 10.2 Å². The van der Waals surface area contributed by atoms with Crippen molar-refractivity contribution < 1.29 is 4.79 Å². The highest BCUT2D eigenvalue weighted by atomic mass is 32.1. The van der Waals surface area contributed by atoms with Crippen molar-refractivity contribution >= 4 is 33.1 Å². The molecule has 0 aliphatic carbocycles. The van der Waals surface area contributed by atoms with Crippen molar-refractivity contribution in [1.82, 2.24) is 9.55 Å². The van der Waals surface area contributed by atoms with E-state index in [1.54, 1.807) is 6.92 Å². The van der Waals surface area contributed by atoms with E-state index in [1.807, 2.05) is 68.4 Å². The Bertz CT molecular complexity index is 1260. The molecule has 0 saturated carbocycles. The third kappa shape index (κ3) is 3.71. The smallest absolute Gasteiger partial charge is 0.262 e. The molecule has 0 saturated heterocycles. The fourth-order valence-corrected chi connectivity index (χ4v) is 4.19. The summed E-state index contributed by atoms with van der Waals surface area (Å²) in [6, 6.07) is 17.0. The number of fused-ring (bicyclic) bond motifs is 1. The molecular weight excluding hydrogens is 382 g/mol. The van der Waals surface area contributed by atoms with Crippen LogP contribution in [0.5, 0.6) is 0 Å². The molecule has 6 heteroatoms. The molecule has 0 aliphatic heterocycles. The van der Waals surface area contributed by atoms with Gasteiger partial charge in [-0.2, -0.15) is 0 Å². The summed E-state index contributed by atoms with van der Waals surface area (Å²) < 4.78 is 1.39. The standard InChI is InChI=1S/C23H21N3O2S/c1-14-9-10-15(2)19(11-14)25-21(27)16(3)26-13-24-22-18(23(26)28)12-20(29-22)17-7-5-4-6-8-17/h4-13,16H,1-3H3,(H,25,27). The second-order valence-electron chi connectivity index (χ2n) is 7.14. The van der Waals surface area contributed by atoms with Crippen LogP contribution in [0.2, 0.25) is 0 Å². The van der Waals surface area contributed by atoms with E-state index in [0.717, 1.165) is 27.3 Å². The van der Waals surface area contributed by atoms with Gasteiger partial charge in [0.15, 0.2) is 0 Å². The van der Waals surface area contributed by atoms with E-state index in [2.05, 4.69) is 10.3 Å². The normalized spacial score (nSPS) is 12.1. The zero-order valence-corrected chi connectivity index (χ0v) is 17.3. The maximum Gasteiger partial charge on any atom is 0.262 e. The van der Waals surface area contributed by atoms with Crippen LogP contribution in [-0.4, -0.2) is 15.5 Å². The summed E-state index contributed by atoms with van der Waals surface area (Å²) >= 11 is 1.47. The van der Waals surface area contributed by atoms with Crippen molar-refractivity contribution in [3.63, 3.8) is 0 Å². The summed E-state index contributed by atoms with van der Waals surface area (Å²) in [5.41, 5.74) is 3.62. The fourth-order valence-electron chi connectivity index (χ4n) is 3.19. The van der Waals surface area contributed by atoms with Gasteiger partial charge in [-0.3, -0.25) is 14.2 Å². The maximum atomic E-state index is 13.0. The Kier molecular flexibility index (Phi) is 5.03. The second kappa shape index (κ2) is 7.64. The van der Waals surface area contributed by atoms with Gasteiger partial charge in [0.1, 0.15) is 10.9 Å². The number of aromatic nitrogens is 2. The molecule has 29 heavy (non-hydrogen) atoms. The van der Waals surface area contributed by atoms with Crippen LogP contribution in [0, 0.1) is 13.8 Å². The molecule has 4 aromatic rings. The van der Waals surface area contributed by atoms with Gasteiger partial charge in [0.2, 0.25) is 5.91 Å². The lowest BCUT2D eigenvalue weighted by atomic mass is 10.1. The number of hydrogen-bond donors (Lipinski definition) is 1. The number of rotatable bonds is 4. The van der Waals surface area contributed by atoms with Crippen molar-refractivity contribution in [3.8, 4) is 10.4 Å². The van der Waals surface area contributed by atoms with Gasteiger partial charge in [-0.25, -0.2) is 4.98 Å². The number of thiophene rings is 1. The van der Waals surface area contributed by atoms with Crippen molar-refractivity contribution in [3.05, 3.63) is 82.4 Å². The van der Waals surface area contributed by atoms with E-state index in [9.17, 15) is 9.59 Å². The summed E-state index contributed by atoms with van der Waals surface area (Å²) in [7, 11) is 0. The van der Waals surface area contributed by atoms with E-state index in [4.69, 9.17) is 0 Å². The average molecular weight is 404 g/mol. The van der Waals surface area contributed by atoms with Crippen LogP contribution in [0.4, 0.5) is 5.69 Å². The third-order valence-corrected chi connectivity index (χ3v) is 6.07. The number of carbonyl (C=O) groups is 1. The molecule has 1 unspecified atom stereocenters. The van der Waals surface area contributed by atoms with Crippen LogP contribution in [0.15, 0.2) is 65.7 Å². The molecule has 1 amide bonds. The third-order valence-electron chi connectivity index (χ3n) is 4.98. The summed E-state index contributed by atoms with van der Waals surface area (Å²) in [6.07, 6.45) is 1.46. The second-order valence-corrected chi connectivity index (χ2v) is 8.17. The van der Waals surface area contributed by atoms with Gasteiger partial charge in [-0.15, -0.1) is 11.3 Å². The Morgan fingerprint density at radius 2 is 1.86 bits per heavy atom. The Balaban J connectivity index is 1.66. The molecule has 1 atom stereocenters. The fraction of sp³-hybridized carbons (Fsp3) is 0.174. The lowest BCUT2D eigenvalue weighted by molar-refractivity contribution is -0.118. The lowest BCUT2D eigenvalue weighted by Crippen LogP contribution is -2.31. The maximum absolute atomic E-state index is 13.0. The Labute approximate surface area is 172 Å². The Hall–Kier alpha value is -3.25. The predicted molar refractivity (Wildman–Crippen MR) is 119 cm³/mol. The minimum Gasteiger partial charge on any atom is -0.324 e. The van der Waals surface area contributed by atoms with E-state index >= 15 is 0 Å². The molecule has 0 fully saturated rings. The first-order valence-electron chi connectivity index (χ1n) is 9.38. The summed E-state index contributed by atoms with van der Waals surface area (Å²) in [4.78, 5) is 31.9. The van der Waals surface area contributed by atoms with E-state index < -0.39 is 6.04 Å². The summed E-state index contributed by atoms with van der Waals surface area (Å²) in [5, 5.41) is 3.46. The van der Waals surface area contributed by atoms with Crippen LogP contribution in [0.25, 0.3) is 20.7 Å². The molecule has 0 bridgehead atoms. The number of hydrogen-bond acceptors (Lipinski definition) is 4. The number of aryl methyl sites for hydroxylation is 2. The van der Waals surface area contributed by atoms with Gasteiger partial charge >= 0.3 is 0 Å². The topological polar surface area (TPSA) is 64.0 Å². The monoisotopic (exact) mass is 403 g/mol. The number of amides is 1. The quantitative estimate of drug-likeness (QED) is 0.525. The molecule has 146 valence electrons. The highest BCUT2D eigenvalue weighted by molar-refractivity contribution is 7.21. The van der Waals surface area contributed by atoms with Crippen LogP contribution >= 0.6 is 11.3 Å². The van der Waals surface area contributed by atoms with Crippen molar-refractivity contribution in [2.75, 3.05) is 5.32 Å². The van der Waals surface area contributed by atoms with Gasteiger partial charge < -0.3 is 5.32 Å². The van der Waals surface area contributed by atoms with Gasteiger partial charge in [0.05, 0.1) is 11.7 Å². The zero-order chi connectivity index (χ0) is 20.5. The number of carbonyl (C=O) groups excluding carboxylic acids is 1. The molecular formula is C23H21N3O2S. The minimum absolute atomic E-state index is 0.211. The van der Waals surface area contributed by atoms with Crippen LogP contribution in [-0.2, 0) is 4.79 Å². The molecule has 2 aromatic heterocycles. The Morgan fingerprint density at radius 1 is 1.10 bits per heavy atom. The van der Waals surface area contributed by atoms with Crippen LogP contribution in [0.3, 0.4) is 0 Å². The van der Waals surface area contributed by atoms with E-state index in [-0.39, 0.29) is 11.5 Å². The largest absolute Gasteiger partial charge is 0.324 e. The van der Waals surface area contributed by atoms with E-state index in [1.165, 1.54) is 22.2 Å². The van der Waals surface area contributed by atoms with Gasteiger partial charge in [-0.1, -0.05) is 42.5 Å². The van der Waals surface area contributed by atoms with Gasteiger partial charge in [0, 0.05) is 10.6 Å². The van der Waals surface area contributed by atoms with Crippen LogP contribution < -0.4 is 10.9 Å². The summed E-state index contributed by atoms with van der Waals surface area (Å²) in [6.45, 7) is 5.62. The molecule has 2 heterocycles. The van der Waals surface area contributed by atoms with Gasteiger partial charge in [-0.05, 0) is 49.6 Å². The number of anilines is 1. The first-order valence-corrected chi connectivity index (χ1v) is 10.2. The molecule has 2 aromatic carbocycles. The predicted octanol–water partition coefficient (Wildman–Crippen LogP) is 4.94. The minimum atomic E-state index is -0.681. The van der Waals surface area contributed by atoms with Gasteiger partial charge in [0.25, 0.3) is 5.56 Å². The highest BCUT2D eigenvalue weighted by Gasteiger charge is 2.19. The number of nitrogens with zero attached hydrogens (tertiary/aromatic N) is 2.